The monoisotopic (exact) mass is 290 g/mol. The number of benzene rings is 1. The van der Waals surface area contributed by atoms with Crippen LogP contribution in [0.15, 0.2) is 24.3 Å². The number of nitrogens with two attached hydrogens (primary N) is 1. The van der Waals surface area contributed by atoms with E-state index < -0.39 is 23.9 Å². The van der Waals surface area contributed by atoms with Crippen LogP contribution >= 0.6 is 0 Å². The Morgan fingerprint density at radius 3 is 2.52 bits per heavy atom. The van der Waals surface area contributed by atoms with Gasteiger partial charge in [0, 0.05) is 18.7 Å². The first-order valence-electron chi connectivity index (χ1n) is 6.75. The van der Waals surface area contributed by atoms with Crippen LogP contribution in [0.1, 0.15) is 18.9 Å². The van der Waals surface area contributed by atoms with Crippen molar-refractivity contribution in [3.05, 3.63) is 29.8 Å². The van der Waals surface area contributed by atoms with Crippen molar-refractivity contribution in [3.8, 4) is 0 Å². The molecule has 1 saturated heterocycles. The van der Waals surface area contributed by atoms with Crippen molar-refractivity contribution in [1.29, 1.82) is 0 Å². The lowest BCUT2D eigenvalue weighted by molar-refractivity contribution is -0.157. The van der Waals surface area contributed by atoms with Crippen molar-refractivity contribution in [2.24, 2.45) is 11.7 Å². The maximum absolute atomic E-state index is 12.0. The van der Waals surface area contributed by atoms with Gasteiger partial charge in [-0.1, -0.05) is 17.7 Å². The average Bonchev–Trinajstić information content (AvgIpc) is 2.81. The highest BCUT2D eigenvalue weighted by Gasteiger charge is 2.37. The van der Waals surface area contributed by atoms with Crippen molar-refractivity contribution in [2.75, 3.05) is 11.4 Å². The van der Waals surface area contributed by atoms with Gasteiger partial charge in [-0.3, -0.25) is 14.4 Å². The molecule has 0 spiro atoms. The molecule has 0 bridgehead atoms. The molecular weight excluding hydrogens is 272 g/mol. The SMILES string of the molecule is Cc1ccc(N2C[C@H](C(=O)O[C@@H](C)C(N)=O)CC2=O)cc1. The Hall–Kier alpha value is -2.37. The third-order valence-electron chi connectivity index (χ3n) is 3.50. The molecule has 1 aliphatic heterocycles. The first-order chi connectivity index (χ1) is 9.88. The van der Waals surface area contributed by atoms with Gasteiger partial charge in [0.15, 0.2) is 6.10 Å². The van der Waals surface area contributed by atoms with E-state index >= 15 is 0 Å². The molecule has 2 amide bonds. The number of hydrogen-bond acceptors (Lipinski definition) is 4. The van der Waals surface area contributed by atoms with Gasteiger partial charge in [-0.05, 0) is 26.0 Å². The lowest BCUT2D eigenvalue weighted by Crippen LogP contribution is -2.33. The van der Waals surface area contributed by atoms with Crippen LogP contribution in [0, 0.1) is 12.8 Å². The van der Waals surface area contributed by atoms with Crippen LogP contribution in [0.5, 0.6) is 0 Å². The summed E-state index contributed by atoms with van der Waals surface area (Å²) >= 11 is 0. The Kier molecular flexibility index (Phi) is 4.26. The molecule has 2 N–H and O–H groups in total. The van der Waals surface area contributed by atoms with E-state index in [4.69, 9.17) is 10.5 Å². The lowest BCUT2D eigenvalue weighted by atomic mass is 10.1. The Morgan fingerprint density at radius 1 is 1.33 bits per heavy atom. The molecule has 0 saturated carbocycles. The topological polar surface area (TPSA) is 89.7 Å². The smallest absolute Gasteiger partial charge is 0.312 e. The summed E-state index contributed by atoms with van der Waals surface area (Å²) in [5.74, 6) is -1.97. The zero-order chi connectivity index (χ0) is 15.6. The highest BCUT2D eigenvalue weighted by atomic mass is 16.5. The quantitative estimate of drug-likeness (QED) is 0.829. The van der Waals surface area contributed by atoms with Crippen molar-refractivity contribution < 1.29 is 19.1 Å². The van der Waals surface area contributed by atoms with E-state index in [1.54, 1.807) is 4.90 Å². The number of anilines is 1. The summed E-state index contributed by atoms with van der Waals surface area (Å²) in [5.41, 5.74) is 6.90. The van der Waals surface area contributed by atoms with Crippen LogP contribution in [0.4, 0.5) is 5.69 Å². The number of ether oxygens (including phenoxy) is 1. The molecule has 1 fully saturated rings. The van der Waals surface area contributed by atoms with Crippen molar-refractivity contribution in [1.82, 2.24) is 0 Å². The molecule has 6 heteroatoms. The summed E-state index contributed by atoms with van der Waals surface area (Å²) in [6, 6.07) is 7.49. The number of esters is 1. The molecule has 0 aromatic heterocycles. The maximum atomic E-state index is 12.0. The van der Waals surface area contributed by atoms with Crippen molar-refractivity contribution >= 4 is 23.5 Å². The number of primary amides is 1. The second-order valence-corrected chi connectivity index (χ2v) is 5.22. The van der Waals surface area contributed by atoms with Gasteiger partial charge in [-0.15, -0.1) is 0 Å². The van der Waals surface area contributed by atoms with Crippen LogP contribution in [0.2, 0.25) is 0 Å². The fraction of sp³-hybridized carbons (Fsp3) is 0.400. The van der Waals surface area contributed by atoms with Gasteiger partial charge in [0.1, 0.15) is 0 Å². The van der Waals surface area contributed by atoms with Crippen LogP contribution in [-0.2, 0) is 19.1 Å². The van der Waals surface area contributed by atoms with E-state index in [1.807, 2.05) is 31.2 Å². The summed E-state index contributed by atoms with van der Waals surface area (Å²) in [5, 5.41) is 0. The minimum atomic E-state index is -0.985. The third-order valence-corrected chi connectivity index (χ3v) is 3.50. The molecule has 0 unspecified atom stereocenters. The fourth-order valence-electron chi connectivity index (χ4n) is 2.17. The van der Waals surface area contributed by atoms with E-state index in [1.165, 1.54) is 6.92 Å². The molecule has 1 aromatic carbocycles. The Bertz CT molecular complexity index is 568. The van der Waals surface area contributed by atoms with Gasteiger partial charge in [-0.25, -0.2) is 0 Å². The van der Waals surface area contributed by atoms with Gasteiger partial charge in [-0.2, -0.15) is 0 Å². The first-order valence-corrected chi connectivity index (χ1v) is 6.75. The second-order valence-electron chi connectivity index (χ2n) is 5.22. The van der Waals surface area contributed by atoms with Gasteiger partial charge >= 0.3 is 5.97 Å². The zero-order valence-corrected chi connectivity index (χ0v) is 12.0. The molecular formula is C15H18N2O4. The maximum Gasteiger partial charge on any atom is 0.312 e. The third kappa shape index (κ3) is 3.39. The molecule has 0 aliphatic carbocycles. The molecule has 6 nitrogen and oxygen atoms in total. The van der Waals surface area contributed by atoms with E-state index in [-0.39, 0.29) is 18.9 Å². The summed E-state index contributed by atoms with van der Waals surface area (Å²) in [6.07, 6.45) is -0.904. The number of carbonyl (C=O) groups is 3. The van der Waals surface area contributed by atoms with Crippen molar-refractivity contribution in [3.63, 3.8) is 0 Å². The molecule has 2 atom stereocenters. The number of rotatable bonds is 4. The van der Waals surface area contributed by atoms with Crippen LogP contribution in [0.25, 0.3) is 0 Å². The minimum absolute atomic E-state index is 0.0815. The number of carbonyl (C=O) groups excluding carboxylic acids is 3. The second kappa shape index (κ2) is 5.95. The predicted octanol–water partition coefficient (Wildman–Crippen LogP) is 0.765. The summed E-state index contributed by atoms with van der Waals surface area (Å²) in [6.45, 7) is 3.63. The number of aryl methyl sites for hydroxylation is 1. The van der Waals surface area contributed by atoms with E-state index in [0.717, 1.165) is 11.3 Å². The summed E-state index contributed by atoms with van der Waals surface area (Å²) < 4.78 is 4.95. The Labute approximate surface area is 122 Å². The van der Waals surface area contributed by atoms with Crippen LogP contribution in [0.3, 0.4) is 0 Å². The number of hydrogen-bond donors (Lipinski definition) is 1. The van der Waals surface area contributed by atoms with E-state index in [9.17, 15) is 14.4 Å². The molecule has 0 radical (unpaired) electrons. The van der Waals surface area contributed by atoms with E-state index in [2.05, 4.69) is 0 Å². The van der Waals surface area contributed by atoms with Gasteiger partial charge in [0.05, 0.1) is 5.92 Å². The highest BCUT2D eigenvalue weighted by molar-refractivity contribution is 5.99. The molecule has 112 valence electrons. The molecule has 21 heavy (non-hydrogen) atoms. The van der Waals surface area contributed by atoms with Gasteiger partial charge in [0.25, 0.3) is 5.91 Å². The average molecular weight is 290 g/mol. The fourth-order valence-corrected chi connectivity index (χ4v) is 2.17. The number of nitrogens with zero attached hydrogens (tertiary/aromatic N) is 1. The molecule has 1 aromatic rings. The zero-order valence-electron chi connectivity index (χ0n) is 12.0. The lowest BCUT2D eigenvalue weighted by Gasteiger charge is -2.17. The predicted molar refractivity (Wildman–Crippen MR) is 76.4 cm³/mol. The molecule has 1 heterocycles. The van der Waals surface area contributed by atoms with Crippen LogP contribution in [-0.4, -0.2) is 30.4 Å². The summed E-state index contributed by atoms with van der Waals surface area (Å²) in [4.78, 5) is 36.4. The van der Waals surface area contributed by atoms with Gasteiger partial charge in [0.2, 0.25) is 5.91 Å². The molecule has 1 aliphatic rings. The largest absolute Gasteiger partial charge is 0.452 e. The van der Waals surface area contributed by atoms with Crippen molar-refractivity contribution in [2.45, 2.75) is 26.4 Å². The Balaban J connectivity index is 2.04. The normalized spacial score (nSPS) is 19.4. The Morgan fingerprint density at radius 2 is 1.95 bits per heavy atom. The van der Waals surface area contributed by atoms with Crippen LogP contribution < -0.4 is 10.6 Å². The van der Waals surface area contributed by atoms with E-state index in [0.29, 0.717) is 0 Å². The van der Waals surface area contributed by atoms with Gasteiger partial charge < -0.3 is 15.4 Å². The minimum Gasteiger partial charge on any atom is -0.452 e. The standard InChI is InChI=1S/C15H18N2O4/c1-9-3-5-12(6-4-9)17-8-11(7-13(17)18)15(20)21-10(2)14(16)19/h3-6,10-11H,7-8H2,1-2H3,(H2,16,19)/t10-,11+/m0/s1. The molecule has 2 rings (SSSR count). The highest BCUT2D eigenvalue weighted by Crippen LogP contribution is 2.26. The number of amides is 2. The first kappa shape index (κ1) is 15.0. The summed E-state index contributed by atoms with van der Waals surface area (Å²) in [7, 11) is 0.